The van der Waals surface area contributed by atoms with Gasteiger partial charge >= 0.3 is 0 Å². The molecule has 0 saturated heterocycles. The summed E-state index contributed by atoms with van der Waals surface area (Å²) in [5.41, 5.74) is 9.13. The Morgan fingerprint density at radius 3 is 2.42 bits per heavy atom. The topological polar surface area (TPSA) is 51.8 Å². The van der Waals surface area contributed by atoms with Crippen molar-refractivity contribution in [2.45, 2.75) is 6.54 Å². The zero-order valence-corrected chi connectivity index (χ0v) is 11.1. The fraction of sp³-hybridized carbons (Fsp3) is 0.0667. The van der Waals surface area contributed by atoms with Crippen molar-refractivity contribution >= 4 is 11.3 Å². The number of thiophene rings is 1. The molecule has 0 fully saturated rings. The highest BCUT2D eigenvalue weighted by Gasteiger charge is 2.09. The van der Waals surface area contributed by atoms with Crippen molar-refractivity contribution in [3.8, 4) is 21.6 Å². The summed E-state index contributed by atoms with van der Waals surface area (Å²) in [4.78, 5) is 10.7. The zero-order chi connectivity index (χ0) is 13.1. The molecule has 0 aliphatic heterocycles. The lowest BCUT2D eigenvalue weighted by Gasteiger charge is -2.07. The van der Waals surface area contributed by atoms with E-state index in [0.29, 0.717) is 6.54 Å². The van der Waals surface area contributed by atoms with Crippen LogP contribution >= 0.6 is 11.3 Å². The van der Waals surface area contributed by atoms with E-state index in [1.54, 1.807) is 23.7 Å². The van der Waals surface area contributed by atoms with Crippen LogP contribution in [0.1, 0.15) is 4.88 Å². The molecule has 3 heterocycles. The van der Waals surface area contributed by atoms with Crippen molar-refractivity contribution in [1.29, 1.82) is 0 Å². The Morgan fingerprint density at radius 2 is 1.68 bits per heavy atom. The largest absolute Gasteiger partial charge is 0.326 e. The van der Waals surface area contributed by atoms with Gasteiger partial charge in [0.25, 0.3) is 0 Å². The Labute approximate surface area is 115 Å². The van der Waals surface area contributed by atoms with Crippen molar-refractivity contribution < 1.29 is 0 Å². The highest BCUT2D eigenvalue weighted by atomic mass is 32.1. The molecule has 4 heteroatoms. The van der Waals surface area contributed by atoms with Crippen LogP contribution in [0.4, 0.5) is 0 Å². The van der Waals surface area contributed by atoms with Gasteiger partial charge in [-0.05, 0) is 41.5 Å². The maximum Gasteiger partial charge on any atom is 0.0367 e. The van der Waals surface area contributed by atoms with Gasteiger partial charge < -0.3 is 5.73 Å². The van der Waals surface area contributed by atoms with Gasteiger partial charge in [0, 0.05) is 46.6 Å². The molecule has 0 aromatic carbocycles. The molecule has 3 aromatic rings. The number of nitrogens with zero attached hydrogens (tertiary/aromatic N) is 2. The van der Waals surface area contributed by atoms with E-state index >= 15 is 0 Å². The third-order valence-electron chi connectivity index (χ3n) is 2.94. The second kappa shape index (κ2) is 5.30. The molecular formula is C15H13N3S. The minimum atomic E-state index is 0.579. The van der Waals surface area contributed by atoms with Crippen LogP contribution in [0.2, 0.25) is 0 Å². The molecule has 0 radical (unpaired) electrons. The Balaban J connectivity index is 2.12. The SMILES string of the molecule is NCc1ccc(-c2cnccc2-c2ccncc2)s1. The molecule has 94 valence electrons. The van der Waals surface area contributed by atoms with E-state index in [2.05, 4.69) is 22.1 Å². The first-order valence-corrected chi connectivity index (χ1v) is 6.83. The molecule has 0 aliphatic carbocycles. The van der Waals surface area contributed by atoms with Crippen LogP contribution in [0.5, 0.6) is 0 Å². The summed E-state index contributed by atoms with van der Waals surface area (Å²) in [5, 5.41) is 0. The van der Waals surface area contributed by atoms with Crippen LogP contribution < -0.4 is 5.73 Å². The quantitative estimate of drug-likeness (QED) is 0.792. The Hall–Kier alpha value is -2.04. The molecular weight excluding hydrogens is 254 g/mol. The van der Waals surface area contributed by atoms with Crippen LogP contribution in [-0.2, 0) is 6.54 Å². The van der Waals surface area contributed by atoms with Gasteiger partial charge in [0.2, 0.25) is 0 Å². The summed E-state index contributed by atoms with van der Waals surface area (Å²) in [6, 6.07) is 10.2. The predicted octanol–water partition coefficient (Wildman–Crippen LogP) is 3.33. The van der Waals surface area contributed by atoms with Gasteiger partial charge in [-0.15, -0.1) is 11.3 Å². The molecule has 3 nitrogen and oxygen atoms in total. The van der Waals surface area contributed by atoms with Gasteiger partial charge in [-0.25, -0.2) is 0 Å². The number of nitrogens with two attached hydrogens (primary N) is 1. The van der Waals surface area contributed by atoms with Crippen molar-refractivity contribution in [1.82, 2.24) is 9.97 Å². The summed E-state index contributed by atoms with van der Waals surface area (Å²) in [5.74, 6) is 0. The maximum atomic E-state index is 5.68. The molecule has 0 spiro atoms. The number of hydrogen-bond acceptors (Lipinski definition) is 4. The molecule has 19 heavy (non-hydrogen) atoms. The predicted molar refractivity (Wildman–Crippen MR) is 78.7 cm³/mol. The number of pyridine rings is 2. The second-order valence-electron chi connectivity index (χ2n) is 4.13. The Bertz CT molecular complexity index is 677. The highest BCUT2D eigenvalue weighted by Crippen LogP contribution is 2.35. The average molecular weight is 267 g/mol. The average Bonchev–Trinajstić information content (AvgIpc) is 2.97. The van der Waals surface area contributed by atoms with Crippen LogP contribution in [-0.4, -0.2) is 9.97 Å². The smallest absolute Gasteiger partial charge is 0.0367 e. The highest BCUT2D eigenvalue weighted by molar-refractivity contribution is 7.15. The van der Waals surface area contributed by atoms with Gasteiger partial charge in [0.15, 0.2) is 0 Å². The molecule has 0 atom stereocenters. The summed E-state index contributed by atoms with van der Waals surface area (Å²) >= 11 is 1.71. The van der Waals surface area contributed by atoms with Gasteiger partial charge in [-0.2, -0.15) is 0 Å². The minimum Gasteiger partial charge on any atom is -0.326 e. The third-order valence-corrected chi connectivity index (χ3v) is 4.08. The van der Waals surface area contributed by atoms with Crippen LogP contribution in [0.15, 0.2) is 55.1 Å². The molecule has 0 saturated carbocycles. The fourth-order valence-electron chi connectivity index (χ4n) is 2.01. The van der Waals surface area contributed by atoms with Crippen molar-refractivity contribution in [3.05, 3.63) is 60.0 Å². The minimum absolute atomic E-state index is 0.579. The van der Waals surface area contributed by atoms with E-state index in [9.17, 15) is 0 Å². The van der Waals surface area contributed by atoms with E-state index < -0.39 is 0 Å². The summed E-state index contributed by atoms with van der Waals surface area (Å²) < 4.78 is 0. The van der Waals surface area contributed by atoms with E-state index in [4.69, 9.17) is 5.73 Å². The number of aromatic nitrogens is 2. The number of rotatable bonds is 3. The van der Waals surface area contributed by atoms with Gasteiger partial charge in [-0.3, -0.25) is 9.97 Å². The second-order valence-corrected chi connectivity index (χ2v) is 5.30. The Morgan fingerprint density at radius 1 is 0.895 bits per heavy atom. The normalized spacial score (nSPS) is 10.6. The molecule has 3 rings (SSSR count). The molecule has 0 amide bonds. The van der Waals surface area contributed by atoms with E-state index in [1.807, 2.05) is 30.6 Å². The van der Waals surface area contributed by atoms with Gasteiger partial charge in [0.1, 0.15) is 0 Å². The molecule has 0 unspecified atom stereocenters. The molecule has 3 aromatic heterocycles. The molecule has 0 bridgehead atoms. The Kier molecular flexibility index (Phi) is 3.35. The summed E-state index contributed by atoms with van der Waals surface area (Å²) in [6.45, 7) is 0.579. The first kappa shape index (κ1) is 12.0. The standard InChI is InChI=1S/C15H13N3S/c16-9-12-1-2-15(19-12)14-10-18-8-5-13(14)11-3-6-17-7-4-11/h1-8,10H,9,16H2. The van der Waals surface area contributed by atoms with Crippen molar-refractivity contribution in [2.24, 2.45) is 5.73 Å². The number of hydrogen-bond donors (Lipinski definition) is 1. The monoisotopic (exact) mass is 267 g/mol. The van der Waals surface area contributed by atoms with E-state index in [0.717, 1.165) is 11.1 Å². The lowest BCUT2D eigenvalue weighted by molar-refractivity contribution is 1.11. The lowest BCUT2D eigenvalue weighted by Crippen LogP contribution is -1.91. The lowest BCUT2D eigenvalue weighted by atomic mass is 10.0. The third kappa shape index (κ3) is 2.41. The molecule has 0 aliphatic rings. The van der Waals surface area contributed by atoms with E-state index in [-0.39, 0.29) is 0 Å². The van der Waals surface area contributed by atoms with Crippen LogP contribution in [0.3, 0.4) is 0 Å². The van der Waals surface area contributed by atoms with Crippen LogP contribution in [0, 0.1) is 0 Å². The van der Waals surface area contributed by atoms with Gasteiger partial charge in [-0.1, -0.05) is 0 Å². The summed E-state index contributed by atoms with van der Waals surface area (Å²) in [6.07, 6.45) is 7.33. The van der Waals surface area contributed by atoms with Crippen molar-refractivity contribution in [3.63, 3.8) is 0 Å². The molecule has 2 N–H and O–H groups in total. The first-order chi connectivity index (χ1) is 9.38. The van der Waals surface area contributed by atoms with Gasteiger partial charge in [0.05, 0.1) is 0 Å². The zero-order valence-electron chi connectivity index (χ0n) is 10.3. The first-order valence-electron chi connectivity index (χ1n) is 6.02. The van der Waals surface area contributed by atoms with E-state index in [1.165, 1.54) is 15.3 Å². The van der Waals surface area contributed by atoms with Crippen molar-refractivity contribution in [2.75, 3.05) is 0 Å². The van der Waals surface area contributed by atoms with Crippen LogP contribution in [0.25, 0.3) is 21.6 Å². The summed E-state index contributed by atoms with van der Waals surface area (Å²) in [7, 11) is 0. The fourth-order valence-corrected chi connectivity index (χ4v) is 2.92. The maximum absolute atomic E-state index is 5.68.